The third kappa shape index (κ3) is 2.51. The summed E-state index contributed by atoms with van der Waals surface area (Å²) in [4.78, 5) is 19.4. The van der Waals surface area contributed by atoms with Crippen LogP contribution in [0.3, 0.4) is 0 Å². The van der Waals surface area contributed by atoms with Crippen LogP contribution in [0, 0.1) is 5.82 Å². The van der Waals surface area contributed by atoms with Gasteiger partial charge in [-0.15, -0.1) is 0 Å². The van der Waals surface area contributed by atoms with E-state index >= 15 is 0 Å². The maximum absolute atomic E-state index is 14.2. The predicted molar refractivity (Wildman–Crippen MR) is 103 cm³/mol. The average molecular weight is 375 g/mol. The predicted octanol–water partition coefficient (Wildman–Crippen LogP) is 3.69. The van der Waals surface area contributed by atoms with Crippen LogP contribution in [0.1, 0.15) is 28.5 Å². The number of benzene rings is 1. The molecule has 4 heterocycles. The minimum atomic E-state index is -0.270. The van der Waals surface area contributed by atoms with E-state index in [9.17, 15) is 9.18 Å². The van der Waals surface area contributed by atoms with Gasteiger partial charge < -0.3 is 9.47 Å². The number of amides is 1. The molecule has 1 N–H and O–H groups in total. The van der Waals surface area contributed by atoms with Gasteiger partial charge in [0.2, 0.25) is 0 Å². The molecular formula is C21H18FN5O. The third-order valence-electron chi connectivity index (χ3n) is 5.49. The van der Waals surface area contributed by atoms with Crippen molar-refractivity contribution >= 4 is 16.9 Å². The summed E-state index contributed by atoms with van der Waals surface area (Å²) in [6.07, 6.45) is 6.07. The van der Waals surface area contributed by atoms with E-state index in [2.05, 4.69) is 15.2 Å². The van der Waals surface area contributed by atoms with Gasteiger partial charge in [-0.05, 0) is 24.6 Å². The summed E-state index contributed by atoms with van der Waals surface area (Å²) in [5, 5.41) is 6.76. The van der Waals surface area contributed by atoms with Crippen LogP contribution in [0.4, 0.5) is 4.39 Å². The minimum absolute atomic E-state index is 0.107. The van der Waals surface area contributed by atoms with Gasteiger partial charge in [-0.2, -0.15) is 5.10 Å². The second-order valence-electron chi connectivity index (χ2n) is 7.03. The highest BCUT2D eigenvalue weighted by atomic mass is 19.1. The second-order valence-corrected chi connectivity index (χ2v) is 7.03. The molecule has 1 atom stereocenters. The summed E-state index contributed by atoms with van der Waals surface area (Å²) >= 11 is 0. The smallest absolute Gasteiger partial charge is 0.271 e. The van der Waals surface area contributed by atoms with E-state index in [1.54, 1.807) is 47.8 Å². The summed E-state index contributed by atoms with van der Waals surface area (Å²) in [5.74, 6) is -0.377. The molecule has 1 fully saturated rings. The van der Waals surface area contributed by atoms with Gasteiger partial charge in [0.15, 0.2) is 0 Å². The first-order valence-corrected chi connectivity index (χ1v) is 9.13. The first-order chi connectivity index (χ1) is 13.6. The highest BCUT2D eigenvalue weighted by Crippen LogP contribution is 2.36. The third-order valence-corrected chi connectivity index (χ3v) is 5.49. The molecule has 1 aromatic carbocycles. The molecule has 1 aliphatic heterocycles. The number of halogens is 1. The molecule has 0 saturated carbocycles. The number of aromatic nitrogens is 4. The van der Waals surface area contributed by atoms with Crippen molar-refractivity contribution in [1.82, 2.24) is 24.6 Å². The average Bonchev–Trinajstić information content (AvgIpc) is 3.31. The number of nitrogens with one attached hydrogen (secondary N) is 1. The van der Waals surface area contributed by atoms with Crippen molar-refractivity contribution in [2.75, 3.05) is 6.54 Å². The molecule has 0 spiro atoms. The Morgan fingerprint density at radius 3 is 2.79 bits per heavy atom. The quantitative estimate of drug-likeness (QED) is 0.594. The van der Waals surface area contributed by atoms with Crippen molar-refractivity contribution in [3.8, 4) is 11.1 Å². The van der Waals surface area contributed by atoms with Crippen LogP contribution in [-0.4, -0.2) is 37.1 Å². The number of pyridine rings is 1. The van der Waals surface area contributed by atoms with Crippen LogP contribution >= 0.6 is 0 Å². The summed E-state index contributed by atoms with van der Waals surface area (Å²) in [5.41, 5.74) is 4.60. The van der Waals surface area contributed by atoms with Gasteiger partial charge in [0.1, 0.15) is 11.5 Å². The Morgan fingerprint density at radius 1 is 1.21 bits per heavy atom. The lowest BCUT2D eigenvalue weighted by molar-refractivity contribution is 0.0443. The molecule has 0 bridgehead atoms. The molecule has 0 aliphatic carbocycles. The maximum Gasteiger partial charge on any atom is 0.271 e. The molecule has 5 rings (SSSR count). The monoisotopic (exact) mass is 375 g/mol. The standard InChI is InChI=1S/C21H18FN5O/c1-26-19-8-13(14-11-24-25-12-14)10-23-17(19)9-20(26)21(28)27-7-6-18(27)15-4-2-3-5-16(15)22/h2-5,8-12,18H,6-7H2,1H3,(H,24,25)/t18-/m1/s1. The van der Waals surface area contributed by atoms with E-state index in [0.29, 0.717) is 17.8 Å². The Bertz CT molecular complexity index is 1180. The van der Waals surface area contributed by atoms with Crippen molar-refractivity contribution in [3.63, 3.8) is 0 Å². The van der Waals surface area contributed by atoms with E-state index in [1.165, 1.54) is 6.07 Å². The van der Waals surface area contributed by atoms with E-state index in [1.807, 2.05) is 17.7 Å². The zero-order valence-electron chi connectivity index (χ0n) is 15.3. The fraction of sp³-hybridized carbons (Fsp3) is 0.190. The number of likely N-dealkylation sites (tertiary alicyclic amines) is 1. The van der Waals surface area contributed by atoms with Gasteiger partial charge in [-0.25, -0.2) is 4.39 Å². The molecule has 1 amide bonds. The molecule has 1 saturated heterocycles. The van der Waals surface area contributed by atoms with E-state index in [-0.39, 0.29) is 17.8 Å². The maximum atomic E-state index is 14.2. The Kier molecular flexibility index (Phi) is 3.75. The second kappa shape index (κ2) is 6.30. The number of nitrogens with zero attached hydrogens (tertiary/aromatic N) is 4. The Morgan fingerprint density at radius 2 is 2.07 bits per heavy atom. The Hall–Kier alpha value is -3.48. The molecule has 4 aromatic rings. The number of fused-ring (bicyclic) bond motifs is 1. The largest absolute Gasteiger partial charge is 0.338 e. The lowest BCUT2D eigenvalue weighted by Gasteiger charge is -2.41. The molecule has 7 heteroatoms. The lowest BCUT2D eigenvalue weighted by Crippen LogP contribution is -2.46. The summed E-state index contributed by atoms with van der Waals surface area (Å²) in [6, 6.07) is 10.2. The van der Waals surface area contributed by atoms with Gasteiger partial charge in [0.05, 0.1) is 23.3 Å². The molecule has 140 valence electrons. The van der Waals surface area contributed by atoms with Gasteiger partial charge in [-0.1, -0.05) is 18.2 Å². The van der Waals surface area contributed by atoms with Crippen molar-refractivity contribution in [2.45, 2.75) is 12.5 Å². The molecule has 6 nitrogen and oxygen atoms in total. The number of aryl methyl sites for hydroxylation is 1. The zero-order chi connectivity index (χ0) is 19.3. The van der Waals surface area contributed by atoms with Crippen LogP contribution < -0.4 is 0 Å². The molecule has 3 aromatic heterocycles. The number of aromatic amines is 1. The highest BCUT2D eigenvalue weighted by Gasteiger charge is 2.36. The molecule has 28 heavy (non-hydrogen) atoms. The number of carbonyl (C=O) groups is 1. The van der Waals surface area contributed by atoms with E-state index < -0.39 is 0 Å². The first-order valence-electron chi connectivity index (χ1n) is 9.13. The fourth-order valence-electron chi connectivity index (χ4n) is 3.82. The van der Waals surface area contributed by atoms with Gasteiger partial charge in [0.25, 0.3) is 5.91 Å². The van der Waals surface area contributed by atoms with E-state index in [4.69, 9.17) is 0 Å². The lowest BCUT2D eigenvalue weighted by atomic mass is 9.94. The minimum Gasteiger partial charge on any atom is -0.338 e. The molecule has 0 unspecified atom stereocenters. The van der Waals surface area contributed by atoms with Crippen molar-refractivity contribution in [2.24, 2.45) is 7.05 Å². The van der Waals surface area contributed by atoms with Crippen molar-refractivity contribution < 1.29 is 9.18 Å². The van der Waals surface area contributed by atoms with Gasteiger partial charge in [-0.3, -0.25) is 14.9 Å². The summed E-state index contributed by atoms with van der Waals surface area (Å²) < 4.78 is 16.0. The Balaban J connectivity index is 1.50. The number of carbonyl (C=O) groups excluding carboxylic acids is 1. The number of hydrogen-bond acceptors (Lipinski definition) is 3. The fourth-order valence-corrected chi connectivity index (χ4v) is 3.82. The van der Waals surface area contributed by atoms with Crippen molar-refractivity contribution in [1.29, 1.82) is 0 Å². The van der Waals surface area contributed by atoms with Crippen LogP contribution in [0.25, 0.3) is 22.2 Å². The van der Waals surface area contributed by atoms with Crippen LogP contribution in [0.5, 0.6) is 0 Å². The van der Waals surface area contributed by atoms with E-state index in [0.717, 1.165) is 28.6 Å². The van der Waals surface area contributed by atoms with Crippen LogP contribution in [-0.2, 0) is 7.05 Å². The van der Waals surface area contributed by atoms with Crippen molar-refractivity contribution in [3.05, 3.63) is 72.1 Å². The van der Waals surface area contributed by atoms with Gasteiger partial charge >= 0.3 is 0 Å². The highest BCUT2D eigenvalue weighted by molar-refractivity contribution is 5.99. The number of rotatable bonds is 3. The molecule has 1 aliphatic rings. The zero-order valence-corrected chi connectivity index (χ0v) is 15.3. The van der Waals surface area contributed by atoms with Gasteiger partial charge in [0, 0.05) is 42.7 Å². The summed E-state index contributed by atoms with van der Waals surface area (Å²) in [7, 11) is 1.86. The normalized spacial score (nSPS) is 16.4. The summed E-state index contributed by atoms with van der Waals surface area (Å²) in [6.45, 7) is 0.618. The number of hydrogen-bond donors (Lipinski definition) is 1. The molecule has 0 radical (unpaired) electrons. The number of H-pyrrole nitrogens is 1. The van der Waals surface area contributed by atoms with Crippen LogP contribution in [0.15, 0.2) is 55.0 Å². The SMILES string of the molecule is Cn1c(C(=O)N2CC[C@@H]2c2ccccc2F)cc2ncc(-c3cn[nH]c3)cc21. The first kappa shape index (κ1) is 16.7. The topological polar surface area (TPSA) is 66.8 Å². The Labute approximate surface area is 160 Å². The molecular weight excluding hydrogens is 357 g/mol. The van der Waals surface area contributed by atoms with Crippen LogP contribution in [0.2, 0.25) is 0 Å².